The maximum Gasteiger partial charge on any atom is 0.276 e. The number of halogens is 2. The monoisotopic (exact) mass is 498 g/mol. The van der Waals surface area contributed by atoms with Gasteiger partial charge in [0.05, 0.1) is 5.56 Å². The lowest BCUT2D eigenvalue weighted by molar-refractivity contribution is 0.0491. The van der Waals surface area contributed by atoms with Crippen LogP contribution >= 0.6 is 27.5 Å². The van der Waals surface area contributed by atoms with Gasteiger partial charge < -0.3 is 10.2 Å². The molecule has 1 unspecified atom stereocenters. The van der Waals surface area contributed by atoms with E-state index < -0.39 is 6.17 Å². The fourth-order valence-electron chi connectivity index (χ4n) is 3.36. The molecule has 0 spiro atoms. The molecule has 4 rings (SSSR count). The van der Waals surface area contributed by atoms with Gasteiger partial charge in [-0.2, -0.15) is 0 Å². The molecule has 2 amide bonds. The van der Waals surface area contributed by atoms with Crippen LogP contribution in [-0.2, 0) is 0 Å². The average molecular weight is 500 g/mol. The summed E-state index contributed by atoms with van der Waals surface area (Å²) in [5.41, 5.74) is 6.11. The molecular formula is C23H20BrClN4O2. The van der Waals surface area contributed by atoms with Crippen LogP contribution in [0.15, 0.2) is 71.2 Å². The average Bonchev–Trinajstić information content (AvgIpc) is 2.76. The third-order valence-electron chi connectivity index (χ3n) is 5.03. The van der Waals surface area contributed by atoms with E-state index in [9.17, 15) is 9.59 Å². The Bertz CT molecular complexity index is 1130. The zero-order chi connectivity index (χ0) is 22.1. The summed E-state index contributed by atoms with van der Waals surface area (Å²) in [5, 5.41) is 5.11. The molecule has 1 aliphatic rings. The van der Waals surface area contributed by atoms with Crippen LogP contribution < -0.4 is 15.6 Å². The fraction of sp³-hybridized carbons (Fsp3) is 0.130. The molecule has 3 aromatic rings. The molecule has 0 fully saturated rings. The summed E-state index contributed by atoms with van der Waals surface area (Å²) in [5.74, 6) is -0.730. The van der Waals surface area contributed by atoms with E-state index >= 15 is 0 Å². The third kappa shape index (κ3) is 4.38. The lowest BCUT2D eigenvalue weighted by atomic mass is 10.0. The Morgan fingerprint density at radius 2 is 1.74 bits per heavy atom. The van der Waals surface area contributed by atoms with Crippen LogP contribution in [-0.4, -0.2) is 30.9 Å². The van der Waals surface area contributed by atoms with Crippen LogP contribution in [0.1, 0.15) is 32.4 Å². The Hall–Kier alpha value is -3.03. The van der Waals surface area contributed by atoms with Crippen LogP contribution in [0.25, 0.3) is 0 Å². The van der Waals surface area contributed by atoms with Crippen molar-refractivity contribution in [1.82, 2.24) is 10.4 Å². The number of nitrogens with one attached hydrogen (secondary N) is 2. The summed E-state index contributed by atoms with van der Waals surface area (Å²) in [7, 11) is 3.92. The van der Waals surface area contributed by atoms with Gasteiger partial charge in [-0.1, -0.05) is 39.7 Å². The van der Waals surface area contributed by atoms with E-state index in [0.717, 1.165) is 15.7 Å². The Balaban J connectivity index is 1.71. The molecule has 6 nitrogen and oxygen atoms in total. The number of nitrogens with zero attached hydrogens (tertiary/aromatic N) is 2. The van der Waals surface area contributed by atoms with E-state index in [0.29, 0.717) is 21.8 Å². The van der Waals surface area contributed by atoms with Crippen LogP contribution in [0.5, 0.6) is 0 Å². The van der Waals surface area contributed by atoms with Crippen LogP contribution in [0.3, 0.4) is 0 Å². The second-order valence-corrected chi connectivity index (χ2v) is 8.70. The van der Waals surface area contributed by atoms with Gasteiger partial charge in [-0.3, -0.25) is 15.0 Å². The number of rotatable bonds is 4. The van der Waals surface area contributed by atoms with Gasteiger partial charge in [0.25, 0.3) is 11.8 Å². The summed E-state index contributed by atoms with van der Waals surface area (Å²) in [6.07, 6.45) is -0.586. The first-order chi connectivity index (χ1) is 14.8. The molecule has 158 valence electrons. The Morgan fingerprint density at radius 3 is 2.39 bits per heavy atom. The minimum atomic E-state index is -0.586. The van der Waals surface area contributed by atoms with Crippen molar-refractivity contribution in [2.24, 2.45) is 0 Å². The molecule has 1 atom stereocenters. The number of carbonyl (C=O) groups is 2. The third-order valence-corrected chi connectivity index (χ3v) is 5.80. The Kier molecular flexibility index (Phi) is 5.89. The molecule has 31 heavy (non-hydrogen) atoms. The predicted molar refractivity (Wildman–Crippen MR) is 126 cm³/mol. The molecule has 1 aliphatic heterocycles. The highest BCUT2D eigenvalue weighted by molar-refractivity contribution is 9.10. The zero-order valence-corrected chi connectivity index (χ0v) is 19.2. The second-order valence-electron chi connectivity index (χ2n) is 7.35. The largest absolute Gasteiger partial charge is 0.378 e. The number of hydrogen-bond donors (Lipinski definition) is 2. The van der Waals surface area contributed by atoms with Crippen molar-refractivity contribution in [3.8, 4) is 0 Å². The predicted octanol–water partition coefficient (Wildman–Crippen LogP) is 5.08. The maximum absolute atomic E-state index is 13.3. The first kappa shape index (κ1) is 21.2. The molecule has 2 N–H and O–H groups in total. The van der Waals surface area contributed by atoms with Crippen molar-refractivity contribution in [3.63, 3.8) is 0 Å². The van der Waals surface area contributed by atoms with E-state index in [1.807, 2.05) is 43.3 Å². The minimum Gasteiger partial charge on any atom is -0.378 e. The first-order valence-corrected chi connectivity index (χ1v) is 10.7. The highest BCUT2D eigenvalue weighted by Gasteiger charge is 2.34. The Morgan fingerprint density at radius 1 is 1.06 bits per heavy atom. The lowest BCUT2D eigenvalue weighted by Crippen LogP contribution is -2.52. The van der Waals surface area contributed by atoms with Crippen LogP contribution in [0.2, 0.25) is 5.02 Å². The lowest BCUT2D eigenvalue weighted by Gasteiger charge is -2.38. The van der Waals surface area contributed by atoms with Crippen molar-refractivity contribution in [2.45, 2.75) is 6.17 Å². The summed E-state index contributed by atoms with van der Waals surface area (Å²) in [6.45, 7) is 0. The van der Waals surface area contributed by atoms with E-state index in [-0.39, 0.29) is 11.8 Å². The number of benzene rings is 3. The number of hydrazine groups is 1. The van der Waals surface area contributed by atoms with Gasteiger partial charge >= 0.3 is 0 Å². The van der Waals surface area contributed by atoms with Crippen molar-refractivity contribution in [2.75, 3.05) is 24.3 Å². The number of amides is 2. The molecule has 8 heteroatoms. The highest BCUT2D eigenvalue weighted by Crippen LogP contribution is 2.34. The number of fused-ring (bicyclic) bond motifs is 1. The van der Waals surface area contributed by atoms with E-state index in [1.54, 1.807) is 42.5 Å². The van der Waals surface area contributed by atoms with E-state index in [4.69, 9.17) is 11.6 Å². The maximum atomic E-state index is 13.3. The van der Waals surface area contributed by atoms with Gasteiger partial charge in [0, 0.05) is 40.5 Å². The number of anilines is 2. The van der Waals surface area contributed by atoms with Crippen LogP contribution in [0.4, 0.5) is 11.4 Å². The van der Waals surface area contributed by atoms with Gasteiger partial charge in [-0.25, -0.2) is 5.01 Å². The number of carbonyl (C=O) groups excluding carboxylic acids is 2. The topological polar surface area (TPSA) is 64.7 Å². The van der Waals surface area contributed by atoms with Crippen molar-refractivity contribution in [3.05, 3.63) is 92.9 Å². The molecule has 1 heterocycles. The summed E-state index contributed by atoms with van der Waals surface area (Å²) in [4.78, 5) is 28.2. The normalized spacial score (nSPS) is 15.2. The smallest absolute Gasteiger partial charge is 0.276 e. The molecule has 0 saturated carbocycles. The summed E-state index contributed by atoms with van der Waals surface area (Å²) in [6, 6.07) is 19.8. The molecule has 0 aromatic heterocycles. The van der Waals surface area contributed by atoms with Crippen LogP contribution in [0, 0.1) is 0 Å². The van der Waals surface area contributed by atoms with Crippen molar-refractivity contribution >= 4 is 50.7 Å². The molecule has 0 aliphatic carbocycles. The molecule has 0 bridgehead atoms. The SMILES string of the molecule is CN(C)c1ccc(C2Nc3ccc(Cl)cc3C(=O)N2NC(=O)c2ccc(Br)cc2)cc1. The van der Waals surface area contributed by atoms with Gasteiger partial charge in [0.15, 0.2) is 0 Å². The van der Waals surface area contributed by atoms with Gasteiger partial charge in [-0.05, 0) is 60.2 Å². The Labute approximate surface area is 193 Å². The zero-order valence-electron chi connectivity index (χ0n) is 16.9. The van der Waals surface area contributed by atoms with Crippen molar-refractivity contribution < 1.29 is 9.59 Å². The number of hydrogen-bond acceptors (Lipinski definition) is 4. The summed E-state index contributed by atoms with van der Waals surface area (Å²) < 4.78 is 0.863. The van der Waals surface area contributed by atoms with E-state index in [2.05, 4.69) is 26.7 Å². The van der Waals surface area contributed by atoms with E-state index in [1.165, 1.54) is 5.01 Å². The second kappa shape index (κ2) is 8.61. The quantitative estimate of drug-likeness (QED) is 0.525. The summed E-state index contributed by atoms with van der Waals surface area (Å²) >= 11 is 9.47. The van der Waals surface area contributed by atoms with Gasteiger partial charge in [0.1, 0.15) is 6.17 Å². The van der Waals surface area contributed by atoms with Gasteiger partial charge in [-0.15, -0.1) is 0 Å². The van der Waals surface area contributed by atoms with Crippen molar-refractivity contribution in [1.29, 1.82) is 0 Å². The first-order valence-electron chi connectivity index (χ1n) is 9.57. The molecular weight excluding hydrogens is 480 g/mol. The molecule has 3 aromatic carbocycles. The highest BCUT2D eigenvalue weighted by atomic mass is 79.9. The minimum absolute atomic E-state index is 0.344. The molecule has 0 saturated heterocycles. The fourth-order valence-corrected chi connectivity index (χ4v) is 3.79. The standard InChI is InChI=1S/C23H20BrClN4O2/c1-28(2)18-10-5-14(6-11-18)21-26-20-12-9-17(25)13-19(20)23(31)29(21)27-22(30)15-3-7-16(24)8-4-15/h3-13,21,26H,1-2H3,(H,27,30). The van der Waals surface area contributed by atoms with Gasteiger partial charge in [0.2, 0.25) is 0 Å². The molecule has 0 radical (unpaired) electrons.